The highest BCUT2D eigenvalue weighted by molar-refractivity contribution is 6.30. The van der Waals surface area contributed by atoms with E-state index in [-0.39, 0.29) is 11.4 Å². The van der Waals surface area contributed by atoms with Gasteiger partial charge in [0.05, 0.1) is 5.94 Å². The minimum absolute atomic E-state index is 0.237. The summed E-state index contributed by atoms with van der Waals surface area (Å²) in [6.07, 6.45) is 1.41. The minimum atomic E-state index is -1.18. The van der Waals surface area contributed by atoms with Crippen LogP contribution in [0.15, 0.2) is 36.5 Å². The zero-order chi connectivity index (χ0) is 16.3. The van der Waals surface area contributed by atoms with Gasteiger partial charge in [-0.2, -0.15) is 0 Å². The van der Waals surface area contributed by atoms with Gasteiger partial charge in [-0.05, 0) is 23.8 Å². The number of carbonyl (C=O) groups is 2. The van der Waals surface area contributed by atoms with Gasteiger partial charge in [-0.15, -0.1) is 0 Å². The number of aromatic hydroxyl groups is 1. The van der Waals surface area contributed by atoms with Crippen molar-refractivity contribution in [3.05, 3.63) is 47.2 Å². The molecule has 1 unspecified atom stereocenters. The van der Waals surface area contributed by atoms with E-state index in [4.69, 9.17) is 16.7 Å². The smallest absolute Gasteiger partial charge is 0.317 e. The summed E-state index contributed by atoms with van der Waals surface area (Å²) in [6.45, 7) is 0. The molecule has 0 bridgehead atoms. The van der Waals surface area contributed by atoms with E-state index in [1.54, 1.807) is 24.3 Å². The van der Waals surface area contributed by atoms with Crippen molar-refractivity contribution >= 4 is 31.3 Å². The molecule has 0 spiro atoms. The average molecular weight is 319 g/mol. The second-order valence-electron chi connectivity index (χ2n) is 4.64. The van der Waals surface area contributed by atoms with Crippen LogP contribution in [-0.4, -0.2) is 40.9 Å². The molecule has 1 heterocycles. The fourth-order valence-corrected chi connectivity index (χ4v) is 1.97. The molecule has 0 saturated heterocycles. The number of benzene rings is 1. The molecule has 0 radical (unpaired) electrons. The molecular formula is C14H12BClN2O4. The van der Waals surface area contributed by atoms with E-state index in [0.717, 1.165) is 5.56 Å². The molecule has 0 fully saturated rings. The van der Waals surface area contributed by atoms with Crippen LogP contribution in [0.3, 0.4) is 0 Å². The predicted molar refractivity (Wildman–Crippen MR) is 83.8 cm³/mol. The zero-order valence-electron chi connectivity index (χ0n) is 11.6. The number of carboxylic acids is 1. The second-order valence-corrected chi connectivity index (χ2v) is 5.07. The van der Waals surface area contributed by atoms with Crippen molar-refractivity contribution in [2.24, 2.45) is 0 Å². The number of carbonyl (C=O) groups excluding carboxylic acids is 1. The molecule has 2 aromatic rings. The first-order chi connectivity index (χ1) is 10.4. The molecule has 112 valence electrons. The highest BCUT2D eigenvalue weighted by Gasteiger charge is 2.19. The fourth-order valence-electron chi connectivity index (χ4n) is 1.78. The fraction of sp³-hybridized carbons (Fsp3) is 0.0714. The summed E-state index contributed by atoms with van der Waals surface area (Å²) in [5, 5.41) is 21.5. The highest BCUT2D eigenvalue weighted by Crippen LogP contribution is 2.26. The van der Waals surface area contributed by atoms with Crippen molar-refractivity contribution in [2.45, 2.75) is 5.94 Å². The third-order valence-corrected chi connectivity index (χ3v) is 3.19. The van der Waals surface area contributed by atoms with Crippen molar-refractivity contribution in [1.29, 1.82) is 0 Å². The van der Waals surface area contributed by atoms with Crippen LogP contribution in [0.1, 0.15) is 10.5 Å². The molecule has 1 amide bonds. The van der Waals surface area contributed by atoms with E-state index in [9.17, 15) is 14.7 Å². The maximum absolute atomic E-state index is 11.9. The average Bonchev–Trinajstić information content (AvgIpc) is 2.46. The number of hydrogen-bond acceptors (Lipinski definition) is 4. The Hall–Kier alpha value is -2.54. The van der Waals surface area contributed by atoms with Gasteiger partial charge in [0.15, 0.2) is 5.69 Å². The number of pyridine rings is 1. The Morgan fingerprint density at radius 3 is 2.59 bits per heavy atom. The number of carboxylic acid groups (broad SMARTS) is 1. The molecule has 0 aliphatic rings. The normalized spacial score (nSPS) is 11.7. The lowest BCUT2D eigenvalue weighted by atomic mass is 9.96. The number of amides is 1. The van der Waals surface area contributed by atoms with Gasteiger partial charge in [-0.1, -0.05) is 23.7 Å². The molecule has 0 aliphatic carbocycles. The summed E-state index contributed by atoms with van der Waals surface area (Å²) in [6, 6.07) is 8.33. The summed E-state index contributed by atoms with van der Waals surface area (Å²) < 4.78 is 0. The molecular weight excluding hydrogens is 306 g/mol. The van der Waals surface area contributed by atoms with Gasteiger partial charge in [0.1, 0.15) is 13.6 Å². The summed E-state index contributed by atoms with van der Waals surface area (Å²) in [5.41, 5.74) is 1.09. The largest absolute Gasteiger partial charge is 0.505 e. The van der Waals surface area contributed by atoms with Crippen molar-refractivity contribution < 1.29 is 19.8 Å². The van der Waals surface area contributed by atoms with E-state index in [1.165, 1.54) is 20.1 Å². The van der Waals surface area contributed by atoms with Crippen molar-refractivity contribution in [2.75, 3.05) is 0 Å². The van der Waals surface area contributed by atoms with E-state index >= 15 is 0 Å². The zero-order valence-corrected chi connectivity index (χ0v) is 12.3. The van der Waals surface area contributed by atoms with Crippen molar-refractivity contribution in [3.8, 4) is 16.9 Å². The Labute approximate surface area is 132 Å². The number of aromatic nitrogens is 1. The predicted octanol–water partition coefficient (Wildman–Crippen LogP) is 0.881. The van der Waals surface area contributed by atoms with Crippen LogP contribution in [0.2, 0.25) is 5.02 Å². The van der Waals surface area contributed by atoms with Crippen LogP contribution in [-0.2, 0) is 4.79 Å². The van der Waals surface area contributed by atoms with Gasteiger partial charge < -0.3 is 15.5 Å². The van der Waals surface area contributed by atoms with Crippen LogP contribution >= 0.6 is 11.6 Å². The second kappa shape index (κ2) is 6.49. The number of nitrogens with zero attached hydrogens (tertiary/aromatic N) is 1. The monoisotopic (exact) mass is 318 g/mol. The third-order valence-electron chi connectivity index (χ3n) is 2.96. The Balaban J connectivity index is 2.27. The van der Waals surface area contributed by atoms with Gasteiger partial charge in [0.2, 0.25) is 0 Å². The summed E-state index contributed by atoms with van der Waals surface area (Å²) >= 11 is 5.90. The SMILES string of the molecule is BC(NC(=O)c1ncc(-c2cccc(Cl)c2)cc1O)C(=O)O. The lowest BCUT2D eigenvalue weighted by Crippen LogP contribution is -2.41. The third kappa shape index (κ3) is 3.56. The number of hydrogen-bond donors (Lipinski definition) is 3. The van der Waals surface area contributed by atoms with Gasteiger partial charge in [-0.3, -0.25) is 9.59 Å². The quantitative estimate of drug-likeness (QED) is 0.727. The number of nitrogens with one attached hydrogen (secondary N) is 1. The Kier molecular flexibility index (Phi) is 4.67. The summed E-state index contributed by atoms with van der Waals surface area (Å²) in [5.74, 6) is -3.36. The van der Waals surface area contributed by atoms with Crippen LogP contribution in [0, 0.1) is 0 Å². The topological polar surface area (TPSA) is 99.5 Å². The van der Waals surface area contributed by atoms with Gasteiger partial charge in [0, 0.05) is 16.8 Å². The lowest BCUT2D eigenvalue weighted by molar-refractivity contribution is -0.137. The summed E-state index contributed by atoms with van der Waals surface area (Å²) in [4.78, 5) is 26.5. The van der Waals surface area contributed by atoms with E-state index < -0.39 is 17.8 Å². The minimum Gasteiger partial charge on any atom is -0.505 e. The maximum atomic E-state index is 11.9. The first kappa shape index (κ1) is 15.8. The highest BCUT2D eigenvalue weighted by atomic mass is 35.5. The van der Waals surface area contributed by atoms with E-state index in [0.29, 0.717) is 10.6 Å². The lowest BCUT2D eigenvalue weighted by Gasteiger charge is -2.10. The molecule has 0 saturated carbocycles. The number of halogens is 1. The van der Waals surface area contributed by atoms with Crippen LogP contribution in [0.4, 0.5) is 0 Å². The van der Waals surface area contributed by atoms with Crippen molar-refractivity contribution in [3.63, 3.8) is 0 Å². The van der Waals surface area contributed by atoms with Crippen LogP contribution < -0.4 is 5.32 Å². The molecule has 2 rings (SSSR count). The molecule has 1 aromatic heterocycles. The van der Waals surface area contributed by atoms with Crippen LogP contribution in [0.25, 0.3) is 11.1 Å². The first-order valence-corrected chi connectivity index (χ1v) is 6.75. The Morgan fingerprint density at radius 2 is 2.00 bits per heavy atom. The van der Waals surface area contributed by atoms with E-state index in [1.807, 2.05) is 0 Å². The van der Waals surface area contributed by atoms with Gasteiger partial charge in [-0.25, -0.2) is 4.98 Å². The van der Waals surface area contributed by atoms with Crippen molar-refractivity contribution in [1.82, 2.24) is 10.3 Å². The number of aliphatic carboxylic acids is 1. The Morgan fingerprint density at radius 1 is 1.27 bits per heavy atom. The van der Waals surface area contributed by atoms with E-state index in [2.05, 4.69) is 10.3 Å². The summed E-state index contributed by atoms with van der Waals surface area (Å²) in [7, 11) is 1.32. The first-order valence-electron chi connectivity index (χ1n) is 6.37. The Bertz CT molecular complexity index is 739. The molecule has 3 N–H and O–H groups in total. The standard InChI is InChI=1S/C14H12BClN2O4/c15-12(14(21)22)18-13(20)11-10(19)5-8(6-17-11)7-2-1-3-9(16)4-7/h1-6,12,19H,15H2,(H,18,20)(H,21,22). The molecule has 8 heteroatoms. The van der Waals surface area contributed by atoms with Crippen LogP contribution in [0.5, 0.6) is 5.75 Å². The molecule has 1 aromatic carbocycles. The molecule has 6 nitrogen and oxygen atoms in total. The van der Waals surface area contributed by atoms with Gasteiger partial charge >= 0.3 is 5.97 Å². The van der Waals surface area contributed by atoms with Gasteiger partial charge in [0.25, 0.3) is 5.91 Å². The maximum Gasteiger partial charge on any atom is 0.317 e. The molecule has 22 heavy (non-hydrogen) atoms. The molecule has 0 aliphatic heterocycles. The molecule has 1 atom stereocenters. The number of rotatable bonds is 4.